The van der Waals surface area contributed by atoms with Crippen LogP contribution in [-0.4, -0.2) is 22.6 Å². The van der Waals surface area contributed by atoms with Crippen molar-refractivity contribution in [3.05, 3.63) is 35.7 Å². The summed E-state index contributed by atoms with van der Waals surface area (Å²) in [7, 11) is 0. The lowest BCUT2D eigenvalue weighted by Crippen LogP contribution is -2.36. The van der Waals surface area contributed by atoms with Gasteiger partial charge in [-0.15, -0.1) is 0 Å². The van der Waals surface area contributed by atoms with Crippen molar-refractivity contribution in [1.82, 2.24) is 15.3 Å². The summed E-state index contributed by atoms with van der Waals surface area (Å²) in [6.07, 6.45) is 1.15. The number of fused-ring (bicyclic) bond motifs is 1. The number of hydrogen-bond donors (Lipinski definition) is 1. The van der Waals surface area contributed by atoms with Gasteiger partial charge in [0, 0.05) is 12.0 Å². The fourth-order valence-corrected chi connectivity index (χ4v) is 3.05. The maximum Gasteiger partial charge on any atom is 0.0890 e. The highest BCUT2D eigenvalue weighted by atomic mass is 14.9. The Balaban J connectivity index is 2.42. The third-order valence-electron chi connectivity index (χ3n) is 4.07. The molecular weight excluding hydrogens is 258 g/mol. The normalized spacial score (nSPS) is 14.6. The van der Waals surface area contributed by atoms with E-state index in [1.54, 1.807) is 0 Å². The minimum atomic E-state index is 0.383. The highest BCUT2D eigenvalue weighted by molar-refractivity contribution is 5.74. The maximum absolute atomic E-state index is 4.92. The Bertz CT molecular complexity index is 592. The molecule has 1 aromatic carbocycles. The van der Waals surface area contributed by atoms with E-state index in [-0.39, 0.29) is 0 Å². The predicted molar refractivity (Wildman–Crippen MR) is 89.6 cm³/mol. The summed E-state index contributed by atoms with van der Waals surface area (Å²) in [5, 5.41) is 3.62. The van der Waals surface area contributed by atoms with Gasteiger partial charge in [-0.2, -0.15) is 0 Å². The second-order valence-electron chi connectivity index (χ2n) is 6.20. The van der Waals surface area contributed by atoms with Gasteiger partial charge in [-0.3, -0.25) is 0 Å². The molecule has 2 atom stereocenters. The topological polar surface area (TPSA) is 37.8 Å². The Hall–Kier alpha value is -1.48. The van der Waals surface area contributed by atoms with Crippen LogP contribution in [0.25, 0.3) is 11.0 Å². The summed E-state index contributed by atoms with van der Waals surface area (Å²) in [6.45, 7) is 12.1. The average molecular weight is 285 g/mol. The Morgan fingerprint density at radius 3 is 2.24 bits per heavy atom. The second kappa shape index (κ2) is 6.99. The van der Waals surface area contributed by atoms with Gasteiger partial charge in [0.05, 0.1) is 22.4 Å². The quantitative estimate of drug-likeness (QED) is 0.869. The Labute approximate surface area is 128 Å². The van der Waals surface area contributed by atoms with Gasteiger partial charge in [0.2, 0.25) is 0 Å². The van der Waals surface area contributed by atoms with Crippen molar-refractivity contribution in [2.75, 3.05) is 6.54 Å². The van der Waals surface area contributed by atoms with E-state index >= 15 is 0 Å². The predicted octanol–water partition coefficient (Wildman–Crippen LogP) is 4.07. The van der Waals surface area contributed by atoms with Gasteiger partial charge in [0.25, 0.3) is 0 Å². The van der Waals surface area contributed by atoms with E-state index in [2.05, 4.69) is 39.9 Å². The van der Waals surface area contributed by atoms with Crippen LogP contribution in [0.1, 0.15) is 51.4 Å². The lowest BCUT2D eigenvalue weighted by atomic mass is 9.85. The van der Waals surface area contributed by atoms with Crippen molar-refractivity contribution in [3.63, 3.8) is 0 Å². The summed E-state index contributed by atoms with van der Waals surface area (Å²) in [6, 6.07) is 8.52. The minimum absolute atomic E-state index is 0.383. The van der Waals surface area contributed by atoms with Gasteiger partial charge >= 0.3 is 0 Å². The molecule has 2 aromatic rings. The van der Waals surface area contributed by atoms with Crippen molar-refractivity contribution < 1.29 is 0 Å². The first-order chi connectivity index (χ1) is 10.0. The molecule has 0 bridgehead atoms. The molecule has 0 radical (unpaired) electrons. The lowest BCUT2D eigenvalue weighted by Gasteiger charge is -2.29. The molecule has 0 spiro atoms. The van der Waals surface area contributed by atoms with Gasteiger partial charge < -0.3 is 5.32 Å². The Morgan fingerprint density at radius 1 is 1.05 bits per heavy atom. The zero-order valence-electron chi connectivity index (χ0n) is 13.9. The van der Waals surface area contributed by atoms with Crippen LogP contribution < -0.4 is 5.32 Å². The van der Waals surface area contributed by atoms with Gasteiger partial charge in [0.1, 0.15) is 0 Å². The van der Waals surface area contributed by atoms with Crippen LogP contribution in [0.2, 0.25) is 0 Å². The van der Waals surface area contributed by atoms with Gasteiger partial charge in [-0.1, -0.05) is 32.9 Å². The van der Waals surface area contributed by atoms with Crippen molar-refractivity contribution in [2.24, 2.45) is 5.92 Å². The smallest absolute Gasteiger partial charge is 0.0890 e. The minimum Gasteiger partial charge on any atom is -0.314 e. The molecule has 1 aromatic heterocycles. The number of aromatic nitrogens is 2. The third-order valence-corrected chi connectivity index (χ3v) is 4.07. The van der Waals surface area contributed by atoms with Crippen LogP contribution in [0.15, 0.2) is 24.3 Å². The molecule has 3 heteroatoms. The van der Waals surface area contributed by atoms with Crippen LogP contribution in [0.3, 0.4) is 0 Å². The van der Waals surface area contributed by atoms with Crippen molar-refractivity contribution in [2.45, 2.75) is 53.0 Å². The van der Waals surface area contributed by atoms with E-state index in [1.165, 1.54) is 0 Å². The number of nitrogens with one attached hydrogen (secondary N) is 1. The zero-order valence-corrected chi connectivity index (χ0v) is 13.9. The third kappa shape index (κ3) is 3.59. The first-order valence-corrected chi connectivity index (χ1v) is 8.01. The highest BCUT2D eigenvalue weighted by Gasteiger charge is 2.26. The lowest BCUT2D eigenvalue weighted by molar-refractivity contribution is 0.369. The number of benzene rings is 1. The van der Waals surface area contributed by atoms with E-state index in [9.17, 15) is 0 Å². The van der Waals surface area contributed by atoms with Crippen LogP contribution >= 0.6 is 0 Å². The molecule has 114 valence electrons. The molecule has 2 unspecified atom stereocenters. The molecule has 1 heterocycles. The van der Waals surface area contributed by atoms with E-state index in [0.717, 1.165) is 35.4 Å². The molecule has 0 aliphatic rings. The molecule has 0 aliphatic heterocycles. The van der Waals surface area contributed by atoms with Gasteiger partial charge in [-0.05, 0) is 44.9 Å². The first kappa shape index (κ1) is 15.9. The van der Waals surface area contributed by atoms with Crippen LogP contribution in [0.4, 0.5) is 0 Å². The van der Waals surface area contributed by atoms with Gasteiger partial charge in [-0.25, -0.2) is 9.97 Å². The zero-order chi connectivity index (χ0) is 15.4. The number of para-hydroxylation sites is 2. The van der Waals surface area contributed by atoms with E-state index < -0.39 is 0 Å². The fourth-order valence-electron chi connectivity index (χ4n) is 3.05. The standard InChI is InChI=1S/C18H27N3/c1-6-11-19-13(4)17(12(2)3)18-14(5)20-15-9-7-8-10-16(15)21-18/h7-10,12-13,17,19H,6,11H2,1-5H3. The van der Waals surface area contributed by atoms with Crippen LogP contribution in [-0.2, 0) is 0 Å². The monoisotopic (exact) mass is 285 g/mol. The average Bonchev–Trinajstić information content (AvgIpc) is 2.45. The second-order valence-corrected chi connectivity index (χ2v) is 6.20. The molecule has 0 fully saturated rings. The van der Waals surface area contributed by atoms with E-state index in [0.29, 0.717) is 17.9 Å². The van der Waals surface area contributed by atoms with Crippen LogP contribution in [0, 0.1) is 12.8 Å². The molecule has 0 saturated carbocycles. The first-order valence-electron chi connectivity index (χ1n) is 8.01. The molecule has 3 nitrogen and oxygen atoms in total. The molecule has 21 heavy (non-hydrogen) atoms. The molecule has 2 rings (SSSR count). The summed E-state index contributed by atoms with van der Waals surface area (Å²) in [5.41, 5.74) is 4.17. The highest BCUT2D eigenvalue weighted by Crippen LogP contribution is 2.29. The summed E-state index contributed by atoms with van der Waals surface area (Å²) in [4.78, 5) is 9.67. The molecule has 0 saturated heterocycles. The SMILES string of the molecule is CCCNC(C)C(c1nc2ccccc2nc1C)C(C)C. The fraction of sp³-hybridized carbons (Fsp3) is 0.556. The number of rotatable bonds is 6. The van der Waals surface area contributed by atoms with Crippen molar-refractivity contribution in [3.8, 4) is 0 Å². The largest absolute Gasteiger partial charge is 0.314 e. The maximum atomic E-state index is 4.92. The van der Waals surface area contributed by atoms with Crippen molar-refractivity contribution >= 4 is 11.0 Å². The molecule has 0 amide bonds. The molecular formula is C18H27N3. The van der Waals surface area contributed by atoms with E-state index in [1.807, 2.05) is 24.3 Å². The molecule has 1 N–H and O–H groups in total. The number of aryl methyl sites for hydroxylation is 1. The Kier molecular flexibility index (Phi) is 5.29. The van der Waals surface area contributed by atoms with Crippen molar-refractivity contribution in [1.29, 1.82) is 0 Å². The number of nitrogens with zero attached hydrogens (tertiary/aromatic N) is 2. The van der Waals surface area contributed by atoms with Gasteiger partial charge in [0.15, 0.2) is 0 Å². The number of hydrogen-bond acceptors (Lipinski definition) is 3. The van der Waals surface area contributed by atoms with Crippen LogP contribution in [0.5, 0.6) is 0 Å². The summed E-state index contributed by atoms with van der Waals surface area (Å²) >= 11 is 0. The van der Waals surface area contributed by atoms with E-state index in [4.69, 9.17) is 9.97 Å². The summed E-state index contributed by atoms with van der Waals surface area (Å²) in [5.74, 6) is 0.909. The summed E-state index contributed by atoms with van der Waals surface area (Å²) < 4.78 is 0. The molecule has 0 aliphatic carbocycles. The Morgan fingerprint density at radius 2 is 1.67 bits per heavy atom.